The number of nitrogens with one attached hydrogen (secondary N) is 2. The number of pyridine rings is 1. The third-order valence-electron chi connectivity index (χ3n) is 2.54. The van der Waals surface area contributed by atoms with Gasteiger partial charge in [0.1, 0.15) is 16.2 Å². The molecular weight excluding hydrogens is 318 g/mol. The van der Waals surface area contributed by atoms with Gasteiger partial charge in [-0.3, -0.25) is 0 Å². The number of nitrogen functional groups attached to an aromatic ring is 1. The van der Waals surface area contributed by atoms with Crippen molar-refractivity contribution in [3.8, 4) is 0 Å². The van der Waals surface area contributed by atoms with Crippen LogP contribution in [0.25, 0.3) is 11.2 Å². The van der Waals surface area contributed by atoms with E-state index in [2.05, 4.69) is 29.6 Å². The number of nitrogens with zero attached hydrogens (tertiary/aromatic N) is 4. The van der Waals surface area contributed by atoms with E-state index in [1.54, 1.807) is 0 Å². The summed E-state index contributed by atoms with van der Waals surface area (Å²) in [6.07, 6.45) is 2.51. The average molecular weight is 326 g/mol. The summed E-state index contributed by atoms with van der Waals surface area (Å²) in [5.41, 5.74) is 6.09. The Balaban J connectivity index is 1.98. The molecule has 0 saturated carbocycles. The molecule has 11 heteroatoms. The third-order valence-corrected chi connectivity index (χ3v) is 4.12. The highest BCUT2D eigenvalue weighted by Crippen LogP contribution is 2.20. The van der Waals surface area contributed by atoms with Gasteiger partial charge in [0.15, 0.2) is 10.8 Å². The van der Waals surface area contributed by atoms with Gasteiger partial charge in [-0.2, -0.15) is 9.97 Å². The molecule has 4 N–H and O–H groups in total. The third kappa shape index (κ3) is 2.58. The summed E-state index contributed by atoms with van der Waals surface area (Å²) in [7, 11) is -3.89. The monoisotopic (exact) mass is 325 g/mol. The van der Waals surface area contributed by atoms with Gasteiger partial charge in [0.2, 0.25) is 5.95 Å². The maximum absolute atomic E-state index is 12.2. The van der Waals surface area contributed by atoms with Crippen LogP contribution in [0.15, 0.2) is 29.6 Å². The Morgan fingerprint density at radius 1 is 1.24 bits per heavy atom. The van der Waals surface area contributed by atoms with Crippen LogP contribution in [-0.4, -0.2) is 33.3 Å². The van der Waals surface area contributed by atoms with Crippen LogP contribution in [0.5, 0.6) is 0 Å². The lowest BCUT2D eigenvalue weighted by Crippen LogP contribution is -2.15. The summed E-state index contributed by atoms with van der Waals surface area (Å²) in [6.45, 7) is 0. The van der Waals surface area contributed by atoms with E-state index in [0.29, 0.717) is 5.52 Å². The minimum absolute atomic E-state index is 0.0608. The molecule has 0 saturated heterocycles. The SMILES string of the molecule is Nc1ccc(S(=O)(=O)Nc2nc(Cl)c3[nH]cnc3n2)cn1. The second-order valence-electron chi connectivity index (χ2n) is 3.96. The number of hydrogen-bond acceptors (Lipinski definition) is 7. The molecule has 21 heavy (non-hydrogen) atoms. The Hall–Kier alpha value is -2.46. The molecule has 0 bridgehead atoms. The van der Waals surface area contributed by atoms with Crippen LogP contribution in [0.3, 0.4) is 0 Å². The highest BCUT2D eigenvalue weighted by atomic mass is 35.5. The van der Waals surface area contributed by atoms with Crippen LogP contribution in [0.2, 0.25) is 5.15 Å². The van der Waals surface area contributed by atoms with Crippen molar-refractivity contribution in [3.05, 3.63) is 29.8 Å². The molecule has 108 valence electrons. The Morgan fingerprint density at radius 2 is 2.05 bits per heavy atom. The summed E-state index contributed by atoms with van der Waals surface area (Å²) in [6, 6.07) is 2.69. The normalized spacial score (nSPS) is 11.7. The zero-order chi connectivity index (χ0) is 15.0. The van der Waals surface area contributed by atoms with Crippen molar-refractivity contribution in [2.24, 2.45) is 0 Å². The molecule has 0 fully saturated rings. The standard InChI is InChI=1S/C10H8ClN7O2S/c11-8-7-9(15-4-14-7)17-10(16-8)18-21(19,20)5-1-2-6(12)13-3-5/h1-4H,(H2,12,13)(H2,14,15,16,17,18). The van der Waals surface area contributed by atoms with Crippen molar-refractivity contribution in [3.63, 3.8) is 0 Å². The second-order valence-corrected chi connectivity index (χ2v) is 6.00. The van der Waals surface area contributed by atoms with E-state index in [0.717, 1.165) is 6.20 Å². The number of anilines is 2. The molecule has 3 aromatic rings. The van der Waals surface area contributed by atoms with Gasteiger partial charge >= 0.3 is 0 Å². The summed E-state index contributed by atoms with van der Waals surface area (Å²) in [5, 5.41) is 0.0608. The quantitative estimate of drug-likeness (QED) is 0.604. The molecule has 0 aliphatic heterocycles. The summed E-state index contributed by atoms with van der Waals surface area (Å²) in [4.78, 5) is 18.1. The van der Waals surface area contributed by atoms with Crippen LogP contribution < -0.4 is 10.5 Å². The topological polar surface area (TPSA) is 140 Å². The van der Waals surface area contributed by atoms with E-state index >= 15 is 0 Å². The number of halogens is 1. The molecule has 0 aliphatic rings. The Labute approximate surface area is 123 Å². The number of aromatic amines is 1. The molecular formula is C10H8ClN7O2S. The van der Waals surface area contributed by atoms with Crippen molar-refractivity contribution in [1.29, 1.82) is 0 Å². The zero-order valence-electron chi connectivity index (χ0n) is 10.3. The van der Waals surface area contributed by atoms with E-state index in [1.165, 1.54) is 18.5 Å². The maximum atomic E-state index is 12.2. The molecule has 0 aliphatic carbocycles. The van der Waals surface area contributed by atoms with Crippen LogP contribution in [-0.2, 0) is 10.0 Å². The number of rotatable bonds is 3. The number of nitrogens with two attached hydrogens (primary N) is 1. The first-order valence-corrected chi connectivity index (χ1v) is 7.43. The first-order valence-electron chi connectivity index (χ1n) is 5.57. The minimum atomic E-state index is -3.89. The van der Waals surface area contributed by atoms with Crippen LogP contribution >= 0.6 is 11.6 Å². The van der Waals surface area contributed by atoms with Crippen molar-refractivity contribution < 1.29 is 8.42 Å². The molecule has 0 radical (unpaired) electrons. The Kier molecular flexibility index (Phi) is 3.11. The Bertz CT molecular complexity index is 907. The van der Waals surface area contributed by atoms with Gasteiger partial charge in [-0.25, -0.2) is 23.1 Å². The number of imidazole rings is 1. The van der Waals surface area contributed by atoms with Crippen LogP contribution in [0, 0.1) is 0 Å². The van der Waals surface area contributed by atoms with Gasteiger partial charge in [-0.1, -0.05) is 11.6 Å². The van der Waals surface area contributed by atoms with E-state index in [-0.39, 0.29) is 27.5 Å². The van der Waals surface area contributed by atoms with Crippen molar-refractivity contribution >= 4 is 44.6 Å². The fourth-order valence-electron chi connectivity index (χ4n) is 1.57. The lowest BCUT2D eigenvalue weighted by Gasteiger charge is -2.06. The number of sulfonamides is 1. The minimum Gasteiger partial charge on any atom is -0.384 e. The van der Waals surface area contributed by atoms with Gasteiger partial charge in [0.25, 0.3) is 10.0 Å². The van der Waals surface area contributed by atoms with Gasteiger partial charge in [0, 0.05) is 6.20 Å². The summed E-state index contributed by atoms with van der Waals surface area (Å²) < 4.78 is 26.5. The average Bonchev–Trinajstić information content (AvgIpc) is 2.87. The molecule has 0 unspecified atom stereocenters. The number of hydrogen-bond donors (Lipinski definition) is 3. The lowest BCUT2D eigenvalue weighted by molar-refractivity contribution is 0.600. The smallest absolute Gasteiger partial charge is 0.265 e. The highest BCUT2D eigenvalue weighted by Gasteiger charge is 2.18. The number of aromatic nitrogens is 5. The zero-order valence-corrected chi connectivity index (χ0v) is 11.9. The molecule has 0 atom stereocenters. The molecule has 0 amide bonds. The highest BCUT2D eigenvalue weighted by molar-refractivity contribution is 7.92. The molecule has 0 aromatic carbocycles. The number of H-pyrrole nitrogens is 1. The van der Waals surface area contributed by atoms with E-state index in [4.69, 9.17) is 17.3 Å². The van der Waals surface area contributed by atoms with Crippen molar-refractivity contribution in [2.75, 3.05) is 10.5 Å². The van der Waals surface area contributed by atoms with Crippen molar-refractivity contribution in [2.45, 2.75) is 4.90 Å². The van der Waals surface area contributed by atoms with Crippen molar-refractivity contribution in [1.82, 2.24) is 24.9 Å². The number of fused-ring (bicyclic) bond motifs is 1. The molecule has 3 rings (SSSR count). The molecule has 9 nitrogen and oxygen atoms in total. The predicted molar refractivity (Wildman–Crippen MR) is 76.2 cm³/mol. The van der Waals surface area contributed by atoms with Gasteiger partial charge in [0.05, 0.1) is 6.33 Å². The Morgan fingerprint density at radius 3 is 2.76 bits per heavy atom. The van der Waals surface area contributed by atoms with E-state index in [1.807, 2.05) is 0 Å². The predicted octanol–water partition coefficient (Wildman–Crippen LogP) is 0.784. The molecule has 0 spiro atoms. The van der Waals surface area contributed by atoms with Gasteiger partial charge in [-0.15, -0.1) is 0 Å². The largest absolute Gasteiger partial charge is 0.384 e. The summed E-state index contributed by atoms with van der Waals surface area (Å²) >= 11 is 5.91. The van der Waals surface area contributed by atoms with Crippen LogP contribution in [0.1, 0.15) is 0 Å². The lowest BCUT2D eigenvalue weighted by atomic mass is 10.5. The summed E-state index contributed by atoms with van der Waals surface area (Å²) in [5.74, 6) is 0.0302. The molecule has 3 aromatic heterocycles. The fourth-order valence-corrected chi connectivity index (χ4v) is 2.68. The fraction of sp³-hybridized carbons (Fsp3) is 0. The maximum Gasteiger partial charge on any atom is 0.265 e. The first kappa shape index (κ1) is 13.5. The van der Waals surface area contributed by atoms with Gasteiger partial charge in [-0.05, 0) is 12.1 Å². The van der Waals surface area contributed by atoms with Crippen LogP contribution in [0.4, 0.5) is 11.8 Å². The molecule has 3 heterocycles. The van der Waals surface area contributed by atoms with E-state index < -0.39 is 10.0 Å². The van der Waals surface area contributed by atoms with Gasteiger partial charge < -0.3 is 10.7 Å². The van der Waals surface area contributed by atoms with E-state index in [9.17, 15) is 8.42 Å². The first-order chi connectivity index (χ1) is 9.95. The second kappa shape index (κ2) is 4.82.